The van der Waals surface area contributed by atoms with E-state index in [4.69, 9.17) is 27.9 Å². The van der Waals surface area contributed by atoms with Crippen LogP contribution < -0.4 is 5.32 Å². The van der Waals surface area contributed by atoms with Crippen molar-refractivity contribution in [3.63, 3.8) is 0 Å². The average Bonchev–Trinajstić information content (AvgIpc) is 3.27. The highest BCUT2D eigenvalue weighted by Gasteiger charge is 2.30. The summed E-state index contributed by atoms with van der Waals surface area (Å²) in [7, 11) is 0. The number of aliphatic imine (C=N–C) groups is 1. The van der Waals surface area contributed by atoms with Crippen LogP contribution in [0.25, 0.3) is 10.8 Å². The lowest BCUT2D eigenvalue weighted by Gasteiger charge is -2.26. The summed E-state index contributed by atoms with van der Waals surface area (Å²) >= 11 is 13.9. The number of nitrogens with zero attached hydrogens (tertiary/aromatic N) is 2. The fraction of sp³-hybridized carbons (Fsp3) is 0.179. The van der Waals surface area contributed by atoms with Crippen LogP contribution in [0.3, 0.4) is 0 Å². The van der Waals surface area contributed by atoms with E-state index < -0.39 is 0 Å². The summed E-state index contributed by atoms with van der Waals surface area (Å²) < 4.78 is 5.19. The van der Waals surface area contributed by atoms with Crippen LogP contribution in [-0.2, 0) is 17.7 Å². The second kappa shape index (κ2) is 10.9. The third-order valence-corrected chi connectivity index (χ3v) is 8.09. The summed E-state index contributed by atoms with van der Waals surface area (Å²) in [6.07, 6.45) is 1.78. The van der Waals surface area contributed by atoms with E-state index in [1.54, 1.807) is 30.2 Å². The summed E-state index contributed by atoms with van der Waals surface area (Å²) in [6.45, 7) is 2.91. The maximum atomic E-state index is 13.7. The Hall–Kier alpha value is -3.39. The molecular formula is C28H23Cl2N3O3S. The highest BCUT2D eigenvalue weighted by atomic mass is 35.5. The molecular weight excluding hydrogens is 529 g/mol. The van der Waals surface area contributed by atoms with E-state index in [-0.39, 0.29) is 12.0 Å². The topological polar surface area (TPSA) is 71.0 Å². The smallest absolute Gasteiger partial charge is 0.410 e. The minimum absolute atomic E-state index is 0.247. The van der Waals surface area contributed by atoms with Gasteiger partial charge in [0.15, 0.2) is 0 Å². The van der Waals surface area contributed by atoms with Crippen LogP contribution in [0, 0.1) is 0 Å². The Bertz CT molecular complexity index is 1530. The molecule has 188 valence electrons. The molecule has 6 nitrogen and oxygen atoms in total. The van der Waals surface area contributed by atoms with Crippen LogP contribution in [0.5, 0.6) is 0 Å². The van der Waals surface area contributed by atoms with Gasteiger partial charge in [-0.05, 0) is 36.4 Å². The monoisotopic (exact) mass is 551 g/mol. The molecule has 3 aromatic carbocycles. The third-order valence-electron chi connectivity index (χ3n) is 6.13. The summed E-state index contributed by atoms with van der Waals surface area (Å²) in [5.41, 5.74) is 2.77. The number of amides is 2. The quantitative estimate of drug-likeness (QED) is 0.258. The van der Waals surface area contributed by atoms with Gasteiger partial charge in [0, 0.05) is 34.3 Å². The molecule has 1 aromatic heterocycles. The highest BCUT2D eigenvalue weighted by Crippen LogP contribution is 2.40. The summed E-state index contributed by atoms with van der Waals surface area (Å²) in [6, 6.07) is 19.0. The highest BCUT2D eigenvalue weighted by molar-refractivity contribution is 7.16. The number of hydrogen-bond donors (Lipinski definition) is 1. The number of anilines is 1. The number of carbonyl (C=O) groups excluding carboxylic acids is 2. The molecule has 1 aliphatic rings. The number of benzene rings is 3. The molecule has 2 amide bonds. The zero-order valence-electron chi connectivity index (χ0n) is 20.0. The Morgan fingerprint density at radius 3 is 2.73 bits per heavy atom. The second-order valence-electron chi connectivity index (χ2n) is 8.44. The van der Waals surface area contributed by atoms with Gasteiger partial charge in [-0.15, -0.1) is 11.3 Å². The first-order chi connectivity index (χ1) is 18.0. The van der Waals surface area contributed by atoms with Gasteiger partial charge < -0.3 is 15.0 Å². The van der Waals surface area contributed by atoms with E-state index in [1.165, 1.54) is 11.3 Å². The molecule has 0 saturated carbocycles. The summed E-state index contributed by atoms with van der Waals surface area (Å²) in [4.78, 5) is 33.3. The first-order valence-electron chi connectivity index (χ1n) is 11.8. The van der Waals surface area contributed by atoms with Gasteiger partial charge in [0.2, 0.25) is 0 Å². The number of thiophene rings is 1. The molecule has 9 heteroatoms. The van der Waals surface area contributed by atoms with Crippen molar-refractivity contribution in [1.29, 1.82) is 0 Å². The molecule has 0 fully saturated rings. The van der Waals surface area contributed by atoms with Crippen LogP contribution in [0.1, 0.15) is 33.3 Å². The Morgan fingerprint density at radius 1 is 1.11 bits per heavy atom. The fourth-order valence-electron chi connectivity index (χ4n) is 4.35. The van der Waals surface area contributed by atoms with Gasteiger partial charge in [-0.2, -0.15) is 0 Å². The lowest BCUT2D eigenvalue weighted by molar-refractivity contribution is 0.102. The fourth-order valence-corrected chi connectivity index (χ4v) is 5.91. The molecule has 1 aliphatic heterocycles. The Morgan fingerprint density at radius 2 is 1.89 bits per heavy atom. The number of rotatable bonds is 5. The first kappa shape index (κ1) is 25.3. The number of fused-ring (bicyclic) bond motifs is 2. The van der Waals surface area contributed by atoms with Crippen molar-refractivity contribution in [1.82, 2.24) is 4.90 Å². The first-order valence-corrected chi connectivity index (χ1v) is 13.4. The Kier molecular flexibility index (Phi) is 7.46. The predicted molar refractivity (Wildman–Crippen MR) is 151 cm³/mol. The van der Waals surface area contributed by atoms with E-state index >= 15 is 0 Å². The number of hydrogen-bond acceptors (Lipinski definition) is 5. The summed E-state index contributed by atoms with van der Waals surface area (Å²) in [5, 5.41) is 6.44. The van der Waals surface area contributed by atoms with Crippen LogP contribution in [0.4, 0.5) is 15.5 Å². The molecule has 0 atom stereocenters. The van der Waals surface area contributed by atoms with Crippen molar-refractivity contribution in [2.45, 2.75) is 19.9 Å². The van der Waals surface area contributed by atoms with E-state index in [0.717, 1.165) is 26.9 Å². The van der Waals surface area contributed by atoms with Crippen molar-refractivity contribution in [3.8, 4) is 0 Å². The maximum absolute atomic E-state index is 13.7. The molecule has 5 rings (SSSR count). The van der Waals surface area contributed by atoms with Crippen LogP contribution >= 0.6 is 34.5 Å². The van der Waals surface area contributed by atoms with Crippen LogP contribution in [0.2, 0.25) is 10.0 Å². The van der Waals surface area contributed by atoms with Crippen molar-refractivity contribution < 1.29 is 14.3 Å². The van der Waals surface area contributed by atoms with Gasteiger partial charge in [-0.3, -0.25) is 4.79 Å². The van der Waals surface area contributed by atoms with Crippen LogP contribution in [0.15, 0.2) is 65.7 Å². The SMILES string of the molecule is CCOC(=O)N1CCc2c(sc(N=Cc3cccc(Cl)c3Cl)c2C(=O)Nc2cccc3ccccc23)C1. The zero-order chi connectivity index (χ0) is 25.9. The van der Waals surface area contributed by atoms with Crippen molar-refractivity contribution in [3.05, 3.63) is 92.3 Å². The normalized spacial score (nSPS) is 13.1. The van der Waals surface area contributed by atoms with E-state index in [0.29, 0.717) is 52.3 Å². The van der Waals surface area contributed by atoms with Crippen molar-refractivity contribution in [2.75, 3.05) is 18.5 Å². The van der Waals surface area contributed by atoms with Gasteiger partial charge in [-0.25, -0.2) is 9.79 Å². The molecule has 0 radical (unpaired) electrons. The molecule has 2 heterocycles. The Balaban J connectivity index is 1.53. The van der Waals surface area contributed by atoms with E-state index in [2.05, 4.69) is 10.3 Å². The molecule has 4 aromatic rings. The predicted octanol–water partition coefficient (Wildman–Crippen LogP) is 7.73. The summed E-state index contributed by atoms with van der Waals surface area (Å²) in [5.74, 6) is -0.247. The molecule has 0 bridgehead atoms. The minimum Gasteiger partial charge on any atom is -0.450 e. The maximum Gasteiger partial charge on any atom is 0.410 e. The molecule has 37 heavy (non-hydrogen) atoms. The van der Waals surface area contributed by atoms with Crippen molar-refractivity contribution in [2.24, 2.45) is 4.99 Å². The molecule has 0 unspecified atom stereocenters. The van der Waals surface area contributed by atoms with E-state index in [9.17, 15) is 9.59 Å². The van der Waals surface area contributed by atoms with Gasteiger partial charge >= 0.3 is 6.09 Å². The lowest BCUT2D eigenvalue weighted by atomic mass is 10.0. The van der Waals surface area contributed by atoms with Gasteiger partial charge in [-0.1, -0.05) is 71.7 Å². The minimum atomic E-state index is -0.362. The molecule has 0 saturated heterocycles. The second-order valence-corrected chi connectivity index (χ2v) is 10.3. The lowest BCUT2D eigenvalue weighted by Crippen LogP contribution is -2.36. The van der Waals surface area contributed by atoms with Crippen molar-refractivity contribution >= 4 is 74.2 Å². The largest absolute Gasteiger partial charge is 0.450 e. The molecule has 0 spiro atoms. The number of halogens is 2. The van der Waals surface area contributed by atoms with Gasteiger partial charge in [0.25, 0.3) is 5.91 Å². The van der Waals surface area contributed by atoms with Gasteiger partial charge in [0.1, 0.15) is 5.00 Å². The van der Waals surface area contributed by atoms with E-state index in [1.807, 2.05) is 48.5 Å². The zero-order valence-corrected chi connectivity index (χ0v) is 22.3. The number of carbonyl (C=O) groups is 2. The number of ether oxygens (including phenoxy) is 1. The molecule has 1 N–H and O–H groups in total. The van der Waals surface area contributed by atoms with Crippen LogP contribution in [-0.4, -0.2) is 36.3 Å². The van der Waals surface area contributed by atoms with Gasteiger partial charge in [0.05, 0.1) is 28.8 Å². The average molecular weight is 552 g/mol. The third kappa shape index (κ3) is 5.21. The Labute approximate surface area is 228 Å². The standard InChI is InChI=1S/C28H23Cl2N3O3S/c1-2-36-28(35)33-14-13-20-23(16-33)37-27(31-15-18-9-5-11-21(29)25(18)30)24(20)26(34)32-22-12-6-8-17-7-3-4-10-19(17)22/h3-12,15H,2,13-14,16H2,1H3,(H,32,34). The molecule has 0 aliphatic carbocycles. The number of nitrogens with one attached hydrogen (secondary N) is 1.